The molecule has 2 aromatic heterocycles. The summed E-state index contributed by atoms with van der Waals surface area (Å²) in [5.41, 5.74) is 0.0405. The van der Waals surface area contributed by atoms with Gasteiger partial charge in [0.2, 0.25) is 5.88 Å². The summed E-state index contributed by atoms with van der Waals surface area (Å²) in [4.78, 5) is 15.9. The van der Waals surface area contributed by atoms with Crippen LogP contribution in [0.1, 0.15) is 10.5 Å². The van der Waals surface area contributed by atoms with Crippen molar-refractivity contribution in [2.45, 2.75) is 0 Å². The molecule has 19 heavy (non-hydrogen) atoms. The lowest BCUT2D eigenvalue weighted by atomic mass is 10.3. The fourth-order valence-corrected chi connectivity index (χ4v) is 1.79. The molecule has 0 radical (unpaired) electrons. The molecule has 0 bridgehead atoms. The molecule has 0 aromatic carbocycles. The monoisotopic (exact) mass is 300 g/mol. The first kappa shape index (κ1) is 13.6. The summed E-state index contributed by atoms with van der Waals surface area (Å²) in [7, 11) is 3.21. The van der Waals surface area contributed by atoms with E-state index in [2.05, 4.69) is 15.4 Å². The van der Waals surface area contributed by atoms with Crippen LogP contribution in [0.3, 0.4) is 0 Å². The number of nitrogens with one attached hydrogen (secondary N) is 1. The van der Waals surface area contributed by atoms with Crippen LogP contribution in [-0.4, -0.2) is 27.8 Å². The normalized spacial score (nSPS) is 10.3. The Morgan fingerprint density at radius 2 is 2.16 bits per heavy atom. The molecule has 0 saturated heterocycles. The molecule has 0 aliphatic carbocycles. The van der Waals surface area contributed by atoms with E-state index >= 15 is 0 Å². The molecular weight excluding hydrogens is 291 g/mol. The summed E-state index contributed by atoms with van der Waals surface area (Å²) in [6.45, 7) is 0. The second kappa shape index (κ2) is 5.46. The largest absolute Gasteiger partial charge is 0.481 e. The van der Waals surface area contributed by atoms with Gasteiger partial charge in [-0.3, -0.25) is 4.79 Å². The van der Waals surface area contributed by atoms with Gasteiger partial charge in [0.25, 0.3) is 5.91 Å². The van der Waals surface area contributed by atoms with E-state index in [1.807, 2.05) is 0 Å². The fraction of sp³-hybridized carbons (Fsp3) is 0.182. The lowest BCUT2D eigenvalue weighted by Gasteiger charge is -2.03. The van der Waals surface area contributed by atoms with E-state index in [-0.39, 0.29) is 15.9 Å². The molecule has 2 heterocycles. The van der Waals surface area contributed by atoms with E-state index in [0.717, 1.165) is 0 Å². The van der Waals surface area contributed by atoms with Crippen molar-refractivity contribution in [1.82, 2.24) is 14.8 Å². The molecule has 100 valence electrons. The standard InChI is InChI=1S/C11H10Cl2N4O2/c1-17-9(19-2)5-8(16-17)15-11(18)10-6(12)3-4-7(13)14-10/h3-5H,1-2H3,(H,15,16,18). The van der Waals surface area contributed by atoms with Crippen LogP contribution in [0.25, 0.3) is 0 Å². The van der Waals surface area contributed by atoms with Crippen LogP contribution in [0.4, 0.5) is 5.82 Å². The van der Waals surface area contributed by atoms with Gasteiger partial charge in [0.1, 0.15) is 10.8 Å². The number of carbonyl (C=O) groups is 1. The van der Waals surface area contributed by atoms with Crippen LogP contribution in [0, 0.1) is 0 Å². The van der Waals surface area contributed by atoms with Gasteiger partial charge in [0.15, 0.2) is 5.82 Å². The predicted octanol–water partition coefficient (Wildman–Crippen LogP) is 2.38. The molecule has 0 unspecified atom stereocenters. The lowest BCUT2D eigenvalue weighted by molar-refractivity contribution is 0.102. The van der Waals surface area contributed by atoms with Crippen molar-refractivity contribution in [2.24, 2.45) is 7.05 Å². The molecule has 0 spiro atoms. The minimum absolute atomic E-state index is 0.0405. The highest BCUT2D eigenvalue weighted by Gasteiger charge is 2.15. The van der Waals surface area contributed by atoms with Crippen LogP contribution in [0.5, 0.6) is 5.88 Å². The van der Waals surface area contributed by atoms with Gasteiger partial charge in [-0.05, 0) is 12.1 Å². The highest BCUT2D eigenvalue weighted by molar-refractivity contribution is 6.35. The summed E-state index contributed by atoms with van der Waals surface area (Å²) >= 11 is 11.6. The number of aryl methyl sites for hydroxylation is 1. The predicted molar refractivity (Wildman–Crippen MR) is 72.0 cm³/mol. The minimum atomic E-state index is -0.492. The molecule has 0 aliphatic rings. The Kier molecular flexibility index (Phi) is 3.92. The number of methoxy groups -OCH3 is 1. The molecule has 8 heteroatoms. The van der Waals surface area contributed by atoms with Crippen LogP contribution in [0.15, 0.2) is 18.2 Å². The van der Waals surface area contributed by atoms with E-state index in [0.29, 0.717) is 11.7 Å². The van der Waals surface area contributed by atoms with Crippen molar-refractivity contribution in [3.8, 4) is 5.88 Å². The van der Waals surface area contributed by atoms with Gasteiger partial charge < -0.3 is 10.1 Å². The number of nitrogens with zero attached hydrogens (tertiary/aromatic N) is 3. The number of ether oxygens (including phenoxy) is 1. The molecule has 0 fully saturated rings. The van der Waals surface area contributed by atoms with Gasteiger partial charge in [-0.1, -0.05) is 23.2 Å². The van der Waals surface area contributed by atoms with Crippen LogP contribution in [-0.2, 0) is 7.05 Å². The molecule has 0 aliphatic heterocycles. The Hall–Kier alpha value is -1.79. The molecule has 2 aromatic rings. The van der Waals surface area contributed by atoms with Gasteiger partial charge in [0, 0.05) is 13.1 Å². The number of rotatable bonds is 3. The Morgan fingerprint density at radius 3 is 2.79 bits per heavy atom. The summed E-state index contributed by atoms with van der Waals surface area (Å²) in [6, 6.07) is 4.59. The Bertz CT molecular complexity index is 627. The molecule has 1 amide bonds. The number of hydrogen-bond acceptors (Lipinski definition) is 4. The zero-order chi connectivity index (χ0) is 14.0. The van der Waals surface area contributed by atoms with Crippen LogP contribution in [0.2, 0.25) is 10.2 Å². The Morgan fingerprint density at radius 1 is 1.42 bits per heavy atom. The maximum Gasteiger partial charge on any atom is 0.277 e. The SMILES string of the molecule is COc1cc(NC(=O)c2nc(Cl)ccc2Cl)nn1C. The minimum Gasteiger partial charge on any atom is -0.481 e. The summed E-state index contributed by atoms with van der Waals surface area (Å²) < 4.78 is 6.53. The number of hydrogen-bond donors (Lipinski definition) is 1. The number of halogens is 2. The van der Waals surface area contributed by atoms with Gasteiger partial charge in [0.05, 0.1) is 12.1 Å². The van der Waals surface area contributed by atoms with E-state index in [1.54, 1.807) is 13.1 Å². The van der Waals surface area contributed by atoms with Crippen molar-refractivity contribution < 1.29 is 9.53 Å². The van der Waals surface area contributed by atoms with Crippen molar-refractivity contribution in [3.05, 3.63) is 34.1 Å². The highest BCUT2D eigenvalue weighted by atomic mass is 35.5. The molecule has 2 rings (SSSR count). The fourth-order valence-electron chi connectivity index (χ4n) is 1.46. The van der Waals surface area contributed by atoms with Gasteiger partial charge in [-0.15, -0.1) is 0 Å². The number of amides is 1. The molecule has 1 N–H and O–H groups in total. The smallest absolute Gasteiger partial charge is 0.277 e. The summed E-state index contributed by atoms with van der Waals surface area (Å²) in [6.07, 6.45) is 0. The van der Waals surface area contributed by atoms with E-state index < -0.39 is 5.91 Å². The van der Waals surface area contributed by atoms with Crippen molar-refractivity contribution in [2.75, 3.05) is 12.4 Å². The average molecular weight is 301 g/mol. The van der Waals surface area contributed by atoms with E-state index in [4.69, 9.17) is 27.9 Å². The van der Waals surface area contributed by atoms with Crippen LogP contribution < -0.4 is 10.1 Å². The quantitative estimate of drug-likeness (QED) is 0.884. The third-order valence-corrected chi connectivity index (χ3v) is 2.83. The van der Waals surface area contributed by atoms with Crippen molar-refractivity contribution in [3.63, 3.8) is 0 Å². The number of carbonyl (C=O) groups excluding carboxylic acids is 1. The summed E-state index contributed by atoms with van der Waals surface area (Å²) in [5, 5.41) is 7.02. The number of aromatic nitrogens is 3. The van der Waals surface area contributed by atoms with Gasteiger partial charge in [-0.25, -0.2) is 9.67 Å². The summed E-state index contributed by atoms with van der Waals surface area (Å²) in [5.74, 6) is 0.357. The first-order valence-electron chi connectivity index (χ1n) is 5.22. The molecule has 6 nitrogen and oxygen atoms in total. The van der Waals surface area contributed by atoms with Gasteiger partial charge >= 0.3 is 0 Å². The maximum atomic E-state index is 12.0. The van der Waals surface area contributed by atoms with E-state index in [1.165, 1.54) is 23.9 Å². The third kappa shape index (κ3) is 2.97. The molecule has 0 saturated carbocycles. The second-order valence-electron chi connectivity index (χ2n) is 3.61. The van der Waals surface area contributed by atoms with Crippen LogP contribution >= 0.6 is 23.2 Å². The first-order valence-corrected chi connectivity index (χ1v) is 5.98. The highest BCUT2D eigenvalue weighted by Crippen LogP contribution is 2.20. The van der Waals surface area contributed by atoms with E-state index in [9.17, 15) is 4.79 Å². The first-order chi connectivity index (χ1) is 9.01. The molecular formula is C11H10Cl2N4O2. The Labute approximate surface area is 119 Å². The average Bonchev–Trinajstić information content (AvgIpc) is 2.72. The third-order valence-electron chi connectivity index (χ3n) is 2.31. The maximum absolute atomic E-state index is 12.0. The zero-order valence-corrected chi connectivity index (χ0v) is 11.7. The second-order valence-corrected chi connectivity index (χ2v) is 4.41. The lowest BCUT2D eigenvalue weighted by Crippen LogP contribution is -2.15. The zero-order valence-electron chi connectivity index (χ0n) is 10.1. The van der Waals surface area contributed by atoms with Crippen molar-refractivity contribution >= 4 is 34.9 Å². The van der Waals surface area contributed by atoms with Gasteiger partial charge in [-0.2, -0.15) is 5.10 Å². The topological polar surface area (TPSA) is 69.0 Å². The van der Waals surface area contributed by atoms with Crippen molar-refractivity contribution in [1.29, 1.82) is 0 Å². The number of pyridine rings is 1. The number of anilines is 1. The molecule has 0 atom stereocenters. The Balaban J connectivity index is 2.22.